The number of hydrogen-bond donors (Lipinski definition) is 0. The molecule has 1 unspecified atom stereocenters. The fourth-order valence-corrected chi connectivity index (χ4v) is 1.65. The average molecular weight is 224 g/mol. The molecule has 1 aliphatic rings. The first kappa shape index (κ1) is 13.5. The van der Waals surface area contributed by atoms with E-state index in [1.54, 1.807) is 0 Å². The predicted molar refractivity (Wildman–Crippen MR) is 67.3 cm³/mol. The van der Waals surface area contributed by atoms with Crippen molar-refractivity contribution in [2.45, 2.75) is 52.7 Å². The van der Waals surface area contributed by atoms with Gasteiger partial charge in [0.15, 0.2) is 6.29 Å². The van der Waals surface area contributed by atoms with Crippen molar-refractivity contribution in [1.82, 2.24) is 0 Å². The molecule has 0 bridgehead atoms. The van der Waals surface area contributed by atoms with E-state index < -0.39 is 0 Å². The molecule has 1 heterocycles. The van der Waals surface area contributed by atoms with Gasteiger partial charge in [0.2, 0.25) is 0 Å². The summed E-state index contributed by atoms with van der Waals surface area (Å²) in [6, 6.07) is 0. The van der Waals surface area contributed by atoms with Crippen LogP contribution >= 0.6 is 0 Å². The Bertz CT molecular complexity index is 247. The van der Waals surface area contributed by atoms with Gasteiger partial charge in [-0.2, -0.15) is 0 Å². The van der Waals surface area contributed by atoms with Gasteiger partial charge in [0.25, 0.3) is 0 Å². The van der Waals surface area contributed by atoms with Crippen LogP contribution in [0.25, 0.3) is 0 Å². The lowest BCUT2D eigenvalue weighted by Gasteiger charge is -2.11. The normalized spacial score (nSPS) is 22.8. The Balaban J connectivity index is 2.13. The Morgan fingerprint density at radius 3 is 2.81 bits per heavy atom. The maximum Gasteiger partial charge on any atom is 0.158 e. The Morgan fingerprint density at radius 1 is 1.38 bits per heavy atom. The zero-order valence-corrected chi connectivity index (χ0v) is 10.8. The topological polar surface area (TPSA) is 18.5 Å². The third kappa shape index (κ3) is 5.47. The molecule has 0 amide bonds. The zero-order chi connectivity index (χ0) is 11.8. The molecule has 0 aliphatic carbocycles. The molecule has 2 nitrogen and oxygen atoms in total. The quantitative estimate of drug-likeness (QED) is 0.638. The molecule has 0 saturated carbocycles. The van der Waals surface area contributed by atoms with Crippen molar-refractivity contribution >= 4 is 0 Å². The molecule has 1 saturated heterocycles. The van der Waals surface area contributed by atoms with Crippen LogP contribution in [0.2, 0.25) is 0 Å². The molecule has 1 rings (SSSR count). The first-order valence-electron chi connectivity index (χ1n) is 6.23. The van der Waals surface area contributed by atoms with E-state index in [0.29, 0.717) is 6.61 Å². The van der Waals surface area contributed by atoms with Gasteiger partial charge in [-0.3, -0.25) is 0 Å². The summed E-state index contributed by atoms with van der Waals surface area (Å²) in [6.07, 6.45) is 8.91. The number of rotatable bonds is 6. The SMILES string of the molecule is C/C=C(\C)CC/C=C(\C)COC1CCCO1. The van der Waals surface area contributed by atoms with E-state index in [2.05, 4.69) is 32.9 Å². The molecule has 2 heteroatoms. The molecule has 1 fully saturated rings. The first-order chi connectivity index (χ1) is 7.72. The summed E-state index contributed by atoms with van der Waals surface area (Å²) in [7, 11) is 0. The van der Waals surface area contributed by atoms with Crippen LogP contribution in [0.4, 0.5) is 0 Å². The Labute approximate surface area is 99.3 Å². The number of ether oxygens (including phenoxy) is 2. The molecule has 1 atom stereocenters. The lowest BCUT2D eigenvalue weighted by Crippen LogP contribution is -2.11. The molecule has 0 radical (unpaired) electrons. The van der Waals surface area contributed by atoms with Gasteiger partial charge in [0.05, 0.1) is 6.61 Å². The Morgan fingerprint density at radius 2 is 2.19 bits per heavy atom. The van der Waals surface area contributed by atoms with Gasteiger partial charge in [0.1, 0.15) is 0 Å². The van der Waals surface area contributed by atoms with E-state index in [1.165, 1.54) is 11.1 Å². The van der Waals surface area contributed by atoms with Gasteiger partial charge < -0.3 is 9.47 Å². The molecule has 92 valence electrons. The lowest BCUT2D eigenvalue weighted by atomic mass is 10.1. The van der Waals surface area contributed by atoms with Crippen molar-refractivity contribution in [3.05, 3.63) is 23.3 Å². The second-order valence-electron chi connectivity index (χ2n) is 4.48. The molecule has 0 aromatic carbocycles. The maximum absolute atomic E-state index is 5.64. The maximum atomic E-state index is 5.64. The van der Waals surface area contributed by atoms with Gasteiger partial charge in [-0.1, -0.05) is 23.3 Å². The molecule has 0 aromatic heterocycles. The third-order valence-corrected chi connectivity index (χ3v) is 2.91. The smallest absolute Gasteiger partial charge is 0.158 e. The van der Waals surface area contributed by atoms with Gasteiger partial charge in [0, 0.05) is 13.0 Å². The fraction of sp³-hybridized carbons (Fsp3) is 0.714. The van der Waals surface area contributed by atoms with E-state index in [1.807, 2.05) is 0 Å². The van der Waals surface area contributed by atoms with Crippen molar-refractivity contribution in [2.75, 3.05) is 13.2 Å². The van der Waals surface area contributed by atoms with Crippen LogP contribution in [-0.2, 0) is 9.47 Å². The number of hydrogen-bond acceptors (Lipinski definition) is 2. The minimum Gasteiger partial charge on any atom is -0.353 e. The first-order valence-corrected chi connectivity index (χ1v) is 6.23. The largest absolute Gasteiger partial charge is 0.353 e. The number of allylic oxidation sites excluding steroid dienone is 3. The van der Waals surface area contributed by atoms with Crippen molar-refractivity contribution in [3.8, 4) is 0 Å². The second kappa shape index (κ2) is 7.64. The van der Waals surface area contributed by atoms with Gasteiger partial charge in [-0.25, -0.2) is 0 Å². The Hall–Kier alpha value is -0.600. The highest BCUT2D eigenvalue weighted by molar-refractivity contribution is 5.02. The van der Waals surface area contributed by atoms with Crippen molar-refractivity contribution in [3.63, 3.8) is 0 Å². The Kier molecular flexibility index (Phi) is 6.43. The molecule has 1 aliphatic heterocycles. The molecule has 0 aromatic rings. The fourth-order valence-electron chi connectivity index (χ4n) is 1.65. The van der Waals surface area contributed by atoms with Crippen LogP contribution in [0.15, 0.2) is 23.3 Å². The van der Waals surface area contributed by atoms with Gasteiger partial charge >= 0.3 is 0 Å². The summed E-state index contributed by atoms with van der Waals surface area (Å²) >= 11 is 0. The van der Waals surface area contributed by atoms with E-state index >= 15 is 0 Å². The highest BCUT2D eigenvalue weighted by atomic mass is 16.7. The average Bonchev–Trinajstić information content (AvgIpc) is 2.79. The van der Waals surface area contributed by atoms with Crippen LogP contribution in [0.1, 0.15) is 46.5 Å². The van der Waals surface area contributed by atoms with E-state index in [0.717, 1.165) is 32.3 Å². The minimum absolute atomic E-state index is 0.0422. The summed E-state index contributed by atoms with van der Waals surface area (Å²) in [6.45, 7) is 7.95. The molecule has 0 N–H and O–H groups in total. The summed E-state index contributed by atoms with van der Waals surface area (Å²) < 4.78 is 11.0. The van der Waals surface area contributed by atoms with E-state index in [4.69, 9.17) is 9.47 Å². The van der Waals surface area contributed by atoms with E-state index in [-0.39, 0.29) is 6.29 Å². The monoisotopic (exact) mass is 224 g/mol. The third-order valence-electron chi connectivity index (χ3n) is 2.91. The minimum atomic E-state index is 0.0422. The summed E-state index contributed by atoms with van der Waals surface area (Å²) in [5.74, 6) is 0. The molecular formula is C14H24O2. The summed E-state index contributed by atoms with van der Waals surface area (Å²) in [5, 5.41) is 0. The van der Waals surface area contributed by atoms with Crippen LogP contribution in [0.5, 0.6) is 0 Å². The highest BCUT2D eigenvalue weighted by Crippen LogP contribution is 2.14. The van der Waals surface area contributed by atoms with Crippen LogP contribution in [0.3, 0.4) is 0 Å². The van der Waals surface area contributed by atoms with Crippen LogP contribution < -0.4 is 0 Å². The second-order valence-corrected chi connectivity index (χ2v) is 4.48. The summed E-state index contributed by atoms with van der Waals surface area (Å²) in [4.78, 5) is 0. The standard InChI is InChI=1S/C14H24O2/c1-4-12(2)7-5-8-13(3)11-16-14-9-6-10-15-14/h4,8,14H,5-7,9-11H2,1-3H3/b12-4+,13-8+. The van der Waals surface area contributed by atoms with Gasteiger partial charge in [-0.15, -0.1) is 0 Å². The van der Waals surface area contributed by atoms with Crippen LogP contribution in [0, 0.1) is 0 Å². The zero-order valence-electron chi connectivity index (χ0n) is 10.8. The molecular weight excluding hydrogens is 200 g/mol. The lowest BCUT2D eigenvalue weighted by molar-refractivity contribution is -0.103. The predicted octanol–water partition coefficient (Wildman–Crippen LogP) is 3.83. The molecule has 0 spiro atoms. The van der Waals surface area contributed by atoms with E-state index in [9.17, 15) is 0 Å². The molecule has 16 heavy (non-hydrogen) atoms. The van der Waals surface area contributed by atoms with Crippen molar-refractivity contribution < 1.29 is 9.47 Å². The van der Waals surface area contributed by atoms with Crippen molar-refractivity contribution in [2.24, 2.45) is 0 Å². The summed E-state index contributed by atoms with van der Waals surface area (Å²) in [5.41, 5.74) is 2.75. The highest BCUT2D eigenvalue weighted by Gasteiger charge is 2.15. The van der Waals surface area contributed by atoms with Gasteiger partial charge in [-0.05, 0) is 40.0 Å². The van der Waals surface area contributed by atoms with Crippen molar-refractivity contribution in [1.29, 1.82) is 0 Å². The van der Waals surface area contributed by atoms with Crippen LogP contribution in [-0.4, -0.2) is 19.5 Å².